The largest absolute Gasteiger partial charge is 0.492 e. The standard InChI is InChI=1S/C17H22N2O4/c20-10-3-8-19-16(21)14-5-4-13(12-15(14)17(19)22)23-11-9-18-6-1-2-7-18/h4-5,12,20H,1-3,6-11H2. The zero-order chi connectivity index (χ0) is 16.2. The summed E-state index contributed by atoms with van der Waals surface area (Å²) in [6.07, 6.45) is 2.89. The van der Waals surface area contributed by atoms with Crippen molar-refractivity contribution in [3.05, 3.63) is 29.3 Å². The molecule has 2 amide bonds. The highest BCUT2D eigenvalue weighted by Crippen LogP contribution is 2.27. The summed E-state index contributed by atoms with van der Waals surface area (Å²) in [6, 6.07) is 5.04. The van der Waals surface area contributed by atoms with Gasteiger partial charge in [-0.3, -0.25) is 19.4 Å². The first-order valence-corrected chi connectivity index (χ1v) is 8.17. The SMILES string of the molecule is O=C1c2ccc(OCCN3CCCC3)cc2C(=O)N1CCCO. The second kappa shape index (κ2) is 7.10. The van der Waals surface area contributed by atoms with Gasteiger partial charge < -0.3 is 9.84 Å². The Labute approximate surface area is 135 Å². The molecule has 0 bridgehead atoms. The van der Waals surface area contributed by atoms with E-state index in [9.17, 15) is 9.59 Å². The van der Waals surface area contributed by atoms with Crippen molar-refractivity contribution in [2.45, 2.75) is 19.3 Å². The fourth-order valence-corrected chi connectivity index (χ4v) is 3.09. The second-order valence-electron chi connectivity index (χ2n) is 5.94. The van der Waals surface area contributed by atoms with Gasteiger partial charge in [-0.15, -0.1) is 0 Å². The van der Waals surface area contributed by atoms with Gasteiger partial charge >= 0.3 is 0 Å². The average Bonchev–Trinajstić information content (AvgIpc) is 3.15. The van der Waals surface area contributed by atoms with Crippen molar-refractivity contribution < 1.29 is 19.4 Å². The van der Waals surface area contributed by atoms with Gasteiger partial charge in [-0.05, 0) is 50.6 Å². The lowest BCUT2D eigenvalue weighted by atomic mass is 10.1. The summed E-state index contributed by atoms with van der Waals surface area (Å²) in [5.74, 6) is 0.0265. The Balaban J connectivity index is 1.62. The van der Waals surface area contributed by atoms with Gasteiger partial charge in [-0.25, -0.2) is 0 Å². The molecule has 2 aliphatic heterocycles. The molecule has 1 N–H and O–H groups in total. The van der Waals surface area contributed by atoms with Crippen molar-refractivity contribution >= 4 is 11.8 Å². The van der Waals surface area contributed by atoms with Gasteiger partial charge in [0, 0.05) is 19.7 Å². The molecule has 0 saturated carbocycles. The van der Waals surface area contributed by atoms with Gasteiger partial charge in [0.05, 0.1) is 11.1 Å². The van der Waals surface area contributed by atoms with E-state index < -0.39 is 0 Å². The van der Waals surface area contributed by atoms with E-state index in [0.29, 0.717) is 29.9 Å². The van der Waals surface area contributed by atoms with Crippen LogP contribution in [-0.4, -0.2) is 66.1 Å². The summed E-state index contributed by atoms with van der Waals surface area (Å²) in [6.45, 7) is 3.91. The van der Waals surface area contributed by atoms with E-state index in [1.54, 1.807) is 18.2 Å². The first-order chi connectivity index (χ1) is 11.2. The van der Waals surface area contributed by atoms with E-state index in [1.807, 2.05) is 0 Å². The number of amides is 2. The molecular formula is C17H22N2O4. The molecular weight excluding hydrogens is 296 g/mol. The van der Waals surface area contributed by atoms with Crippen LogP contribution in [0.4, 0.5) is 0 Å². The predicted molar refractivity (Wildman–Crippen MR) is 84.7 cm³/mol. The summed E-state index contributed by atoms with van der Waals surface area (Å²) in [5, 5.41) is 8.87. The number of hydrogen-bond acceptors (Lipinski definition) is 5. The highest BCUT2D eigenvalue weighted by molar-refractivity contribution is 6.21. The van der Waals surface area contributed by atoms with Gasteiger partial charge in [0.2, 0.25) is 0 Å². The Morgan fingerprint density at radius 2 is 1.78 bits per heavy atom. The maximum atomic E-state index is 12.3. The quantitative estimate of drug-likeness (QED) is 0.764. The first-order valence-electron chi connectivity index (χ1n) is 8.17. The normalized spacial score (nSPS) is 17.9. The molecule has 0 unspecified atom stereocenters. The maximum Gasteiger partial charge on any atom is 0.261 e. The molecule has 1 aromatic carbocycles. The van der Waals surface area contributed by atoms with Gasteiger partial charge in [0.1, 0.15) is 12.4 Å². The molecule has 6 nitrogen and oxygen atoms in total. The Morgan fingerprint density at radius 3 is 2.52 bits per heavy atom. The molecule has 0 aromatic heterocycles. The Bertz CT molecular complexity index is 596. The van der Waals surface area contributed by atoms with Crippen LogP contribution in [0.5, 0.6) is 5.75 Å². The number of likely N-dealkylation sites (tertiary alicyclic amines) is 1. The first kappa shape index (κ1) is 16.0. The maximum absolute atomic E-state index is 12.3. The molecule has 2 aliphatic rings. The van der Waals surface area contributed by atoms with Crippen LogP contribution in [0.25, 0.3) is 0 Å². The molecule has 0 spiro atoms. The number of ether oxygens (including phenoxy) is 1. The van der Waals surface area contributed by atoms with Gasteiger partial charge in [0.15, 0.2) is 0 Å². The summed E-state index contributed by atoms with van der Waals surface area (Å²) in [5.41, 5.74) is 0.812. The fourth-order valence-electron chi connectivity index (χ4n) is 3.09. The highest BCUT2D eigenvalue weighted by Gasteiger charge is 2.35. The van der Waals surface area contributed by atoms with Crippen LogP contribution in [0.3, 0.4) is 0 Å². The molecule has 0 atom stereocenters. The zero-order valence-electron chi connectivity index (χ0n) is 13.2. The van der Waals surface area contributed by atoms with Gasteiger partial charge in [-0.1, -0.05) is 0 Å². The number of rotatable bonds is 7. The lowest BCUT2D eigenvalue weighted by Gasteiger charge is -2.15. The van der Waals surface area contributed by atoms with Crippen LogP contribution in [0, 0.1) is 0 Å². The van der Waals surface area contributed by atoms with Gasteiger partial charge in [0.25, 0.3) is 11.8 Å². The minimum absolute atomic E-state index is 0.0434. The lowest BCUT2D eigenvalue weighted by molar-refractivity contribution is 0.0645. The number of nitrogens with zero attached hydrogens (tertiary/aromatic N) is 2. The number of fused-ring (bicyclic) bond motifs is 1. The van der Waals surface area contributed by atoms with Crippen LogP contribution in [0.15, 0.2) is 18.2 Å². The smallest absolute Gasteiger partial charge is 0.261 e. The Hall–Kier alpha value is -1.92. The minimum atomic E-state index is -0.302. The summed E-state index contributed by atoms with van der Waals surface area (Å²) in [7, 11) is 0. The van der Waals surface area contributed by atoms with Crippen molar-refractivity contribution in [1.82, 2.24) is 9.80 Å². The molecule has 3 rings (SSSR count). The third kappa shape index (κ3) is 3.38. The topological polar surface area (TPSA) is 70.1 Å². The summed E-state index contributed by atoms with van der Waals surface area (Å²) < 4.78 is 5.73. The Morgan fingerprint density at radius 1 is 1.04 bits per heavy atom. The van der Waals surface area contributed by atoms with Crippen molar-refractivity contribution in [1.29, 1.82) is 0 Å². The molecule has 2 heterocycles. The van der Waals surface area contributed by atoms with Crippen molar-refractivity contribution in [2.24, 2.45) is 0 Å². The molecule has 6 heteroatoms. The third-order valence-electron chi connectivity index (χ3n) is 4.36. The van der Waals surface area contributed by atoms with E-state index in [4.69, 9.17) is 9.84 Å². The van der Waals surface area contributed by atoms with Crippen LogP contribution < -0.4 is 4.74 Å². The molecule has 0 aliphatic carbocycles. The fraction of sp³-hybridized carbons (Fsp3) is 0.529. The predicted octanol–water partition coefficient (Wildman–Crippen LogP) is 1.14. The molecule has 23 heavy (non-hydrogen) atoms. The average molecular weight is 318 g/mol. The van der Waals surface area contributed by atoms with Crippen molar-refractivity contribution in [3.8, 4) is 5.75 Å². The van der Waals surface area contributed by atoms with Crippen LogP contribution in [-0.2, 0) is 0 Å². The number of benzene rings is 1. The van der Waals surface area contributed by atoms with Crippen LogP contribution in [0.2, 0.25) is 0 Å². The van der Waals surface area contributed by atoms with E-state index in [2.05, 4.69) is 4.90 Å². The number of carbonyl (C=O) groups excluding carboxylic acids is 2. The van der Waals surface area contributed by atoms with Crippen LogP contribution >= 0.6 is 0 Å². The highest BCUT2D eigenvalue weighted by atomic mass is 16.5. The van der Waals surface area contributed by atoms with Crippen molar-refractivity contribution in [3.63, 3.8) is 0 Å². The molecule has 0 radical (unpaired) electrons. The molecule has 1 aromatic rings. The third-order valence-corrected chi connectivity index (χ3v) is 4.36. The second-order valence-corrected chi connectivity index (χ2v) is 5.94. The molecule has 124 valence electrons. The van der Waals surface area contributed by atoms with E-state index in [1.165, 1.54) is 17.7 Å². The van der Waals surface area contributed by atoms with E-state index in [0.717, 1.165) is 19.6 Å². The number of hydrogen-bond donors (Lipinski definition) is 1. The number of carbonyl (C=O) groups is 2. The Kier molecular flexibility index (Phi) is 4.93. The lowest BCUT2D eigenvalue weighted by Crippen LogP contribution is -2.31. The monoisotopic (exact) mass is 318 g/mol. The number of imide groups is 1. The zero-order valence-corrected chi connectivity index (χ0v) is 13.2. The minimum Gasteiger partial charge on any atom is -0.492 e. The van der Waals surface area contributed by atoms with E-state index >= 15 is 0 Å². The number of aliphatic hydroxyl groups excluding tert-OH is 1. The molecule has 1 fully saturated rings. The van der Waals surface area contributed by atoms with Crippen molar-refractivity contribution in [2.75, 3.05) is 39.4 Å². The van der Waals surface area contributed by atoms with Gasteiger partial charge in [-0.2, -0.15) is 0 Å². The van der Waals surface area contributed by atoms with E-state index in [-0.39, 0.29) is 25.0 Å². The molecule has 1 saturated heterocycles. The summed E-state index contributed by atoms with van der Waals surface area (Å²) >= 11 is 0. The summed E-state index contributed by atoms with van der Waals surface area (Å²) in [4.78, 5) is 28.0. The van der Waals surface area contributed by atoms with Crippen LogP contribution in [0.1, 0.15) is 40.0 Å². The number of aliphatic hydroxyl groups is 1.